The number of carbonyl (C=O) groups is 4. The minimum atomic E-state index is -0.663. The van der Waals surface area contributed by atoms with Gasteiger partial charge in [0.1, 0.15) is 0 Å². The molecule has 8 nitrogen and oxygen atoms in total. The first-order chi connectivity index (χ1) is 14.2. The topological polar surface area (TPSA) is 114 Å². The summed E-state index contributed by atoms with van der Waals surface area (Å²) in [7, 11) is 0. The number of benzene rings is 2. The van der Waals surface area contributed by atoms with Gasteiger partial charge in [-0.05, 0) is 48.9 Å². The highest BCUT2D eigenvalue weighted by Gasteiger charge is 2.12. The summed E-state index contributed by atoms with van der Waals surface area (Å²) >= 11 is 5.89. The lowest BCUT2D eigenvalue weighted by Crippen LogP contribution is -2.22. The van der Waals surface area contributed by atoms with Gasteiger partial charge in [0.15, 0.2) is 6.61 Å². The van der Waals surface area contributed by atoms with Gasteiger partial charge in [-0.1, -0.05) is 17.7 Å². The molecule has 0 saturated heterocycles. The zero-order valence-electron chi connectivity index (χ0n) is 16.6. The quantitative estimate of drug-likeness (QED) is 0.553. The van der Waals surface area contributed by atoms with Gasteiger partial charge in [-0.15, -0.1) is 0 Å². The maximum absolute atomic E-state index is 11.9. The van der Waals surface area contributed by atoms with Crippen LogP contribution in [-0.2, 0) is 23.9 Å². The van der Waals surface area contributed by atoms with Gasteiger partial charge in [-0.3, -0.25) is 19.2 Å². The third kappa shape index (κ3) is 7.92. The Labute approximate surface area is 178 Å². The van der Waals surface area contributed by atoms with Gasteiger partial charge in [-0.2, -0.15) is 0 Å². The number of halogens is 1. The molecule has 0 atom stereocenters. The van der Waals surface area contributed by atoms with Crippen LogP contribution in [0.15, 0.2) is 42.5 Å². The molecule has 2 aromatic rings. The average Bonchev–Trinajstić information content (AvgIpc) is 2.69. The monoisotopic (exact) mass is 431 g/mol. The van der Waals surface area contributed by atoms with E-state index in [1.807, 2.05) is 6.92 Å². The second-order valence-corrected chi connectivity index (χ2v) is 6.91. The molecule has 0 aliphatic heterocycles. The minimum Gasteiger partial charge on any atom is -0.456 e. The maximum Gasteiger partial charge on any atom is 0.306 e. The summed E-state index contributed by atoms with van der Waals surface area (Å²) < 4.78 is 4.90. The molecule has 0 fully saturated rings. The second-order valence-electron chi connectivity index (χ2n) is 6.47. The molecule has 0 radical (unpaired) electrons. The number of carbonyl (C=O) groups excluding carboxylic acids is 4. The number of amides is 3. The summed E-state index contributed by atoms with van der Waals surface area (Å²) in [6.07, 6.45) is -0.263. The van der Waals surface area contributed by atoms with E-state index in [2.05, 4.69) is 16.0 Å². The predicted molar refractivity (Wildman–Crippen MR) is 114 cm³/mol. The number of rotatable bonds is 8. The number of esters is 1. The first-order valence-electron chi connectivity index (χ1n) is 9.12. The van der Waals surface area contributed by atoms with Crippen molar-refractivity contribution in [2.75, 3.05) is 22.6 Å². The Hall–Kier alpha value is -3.39. The summed E-state index contributed by atoms with van der Waals surface area (Å²) in [6.45, 7) is 2.75. The van der Waals surface area contributed by atoms with E-state index in [0.29, 0.717) is 22.1 Å². The molecule has 30 heavy (non-hydrogen) atoms. The highest BCUT2D eigenvalue weighted by molar-refractivity contribution is 6.31. The van der Waals surface area contributed by atoms with E-state index in [4.69, 9.17) is 16.3 Å². The number of aryl methyl sites for hydroxylation is 1. The van der Waals surface area contributed by atoms with E-state index < -0.39 is 18.5 Å². The second kappa shape index (κ2) is 11.0. The Balaban J connectivity index is 1.71. The Kier molecular flexibility index (Phi) is 8.37. The SMILES string of the molecule is CC(=O)Nc1ccc(NC(=O)CCC(=O)OCC(=O)Nc2cc(Cl)ccc2C)cc1. The smallest absolute Gasteiger partial charge is 0.306 e. The largest absolute Gasteiger partial charge is 0.456 e. The van der Waals surface area contributed by atoms with E-state index in [-0.39, 0.29) is 24.7 Å². The van der Waals surface area contributed by atoms with Gasteiger partial charge in [0, 0.05) is 35.4 Å². The van der Waals surface area contributed by atoms with Crippen molar-refractivity contribution in [3.05, 3.63) is 53.1 Å². The molecule has 158 valence electrons. The summed E-state index contributed by atoms with van der Waals surface area (Å²) in [5.41, 5.74) is 2.49. The summed E-state index contributed by atoms with van der Waals surface area (Å²) in [5.74, 6) is -1.73. The van der Waals surface area contributed by atoms with E-state index in [1.165, 1.54) is 6.92 Å². The van der Waals surface area contributed by atoms with Crippen molar-refractivity contribution in [3.8, 4) is 0 Å². The van der Waals surface area contributed by atoms with Crippen LogP contribution >= 0.6 is 11.6 Å². The van der Waals surface area contributed by atoms with Crippen LogP contribution in [0.3, 0.4) is 0 Å². The fourth-order valence-corrected chi connectivity index (χ4v) is 2.58. The van der Waals surface area contributed by atoms with Crippen molar-refractivity contribution in [1.82, 2.24) is 0 Å². The van der Waals surface area contributed by atoms with Crippen molar-refractivity contribution in [2.45, 2.75) is 26.7 Å². The molecule has 0 aromatic heterocycles. The van der Waals surface area contributed by atoms with E-state index in [9.17, 15) is 19.2 Å². The minimum absolute atomic E-state index is 0.0959. The molecular weight excluding hydrogens is 410 g/mol. The van der Waals surface area contributed by atoms with Crippen LogP contribution in [0, 0.1) is 6.92 Å². The van der Waals surface area contributed by atoms with Crippen LogP contribution in [-0.4, -0.2) is 30.3 Å². The molecule has 3 N–H and O–H groups in total. The molecule has 2 aromatic carbocycles. The summed E-state index contributed by atoms with van der Waals surface area (Å²) in [4.78, 5) is 46.6. The van der Waals surface area contributed by atoms with Crippen molar-refractivity contribution in [2.24, 2.45) is 0 Å². The van der Waals surface area contributed by atoms with Crippen molar-refractivity contribution < 1.29 is 23.9 Å². The third-order valence-electron chi connectivity index (χ3n) is 3.88. The van der Waals surface area contributed by atoms with Gasteiger partial charge in [0.2, 0.25) is 11.8 Å². The van der Waals surface area contributed by atoms with Crippen LogP contribution < -0.4 is 16.0 Å². The first-order valence-corrected chi connectivity index (χ1v) is 9.50. The Bertz CT molecular complexity index is 944. The Morgan fingerprint density at radius 1 is 0.867 bits per heavy atom. The number of anilines is 3. The van der Waals surface area contributed by atoms with E-state index >= 15 is 0 Å². The van der Waals surface area contributed by atoms with Gasteiger partial charge in [0.05, 0.1) is 6.42 Å². The molecule has 0 aliphatic rings. The lowest BCUT2D eigenvalue weighted by atomic mass is 10.2. The fraction of sp³-hybridized carbons (Fsp3) is 0.238. The molecular formula is C21H22ClN3O5. The van der Waals surface area contributed by atoms with Gasteiger partial charge < -0.3 is 20.7 Å². The maximum atomic E-state index is 11.9. The summed E-state index contributed by atoms with van der Waals surface area (Å²) in [5, 5.41) is 8.34. The third-order valence-corrected chi connectivity index (χ3v) is 4.12. The number of ether oxygens (including phenoxy) is 1. The normalized spacial score (nSPS) is 10.1. The number of hydrogen-bond donors (Lipinski definition) is 3. The molecule has 0 spiro atoms. The number of nitrogens with one attached hydrogen (secondary N) is 3. The molecule has 0 heterocycles. The molecule has 9 heteroatoms. The zero-order valence-corrected chi connectivity index (χ0v) is 17.3. The lowest BCUT2D eigenvalue weighted by molar-refractivity contribution is -0.147. The molecule has 0 unspecified atom stereocenters. The van der Waals surface area contributed by atoms with Crippen LogP contribution in [0.2, 0.25) is 5.02 Å². The Morgan fingerprint density at radius 2 is 1.50 bits per heavy atom. The molecule has 3 amide bonds. The van der Waals surface area contributed by atoms with Crippen molar-refractivity contribution in [3.63, 3.8) is 0 Å². The fourth-order valence-electron chi connectivity index (χ4n) is 2.41. The summed E-state index contributed by atoms with van der Waals surface area (Å²) in [6, 6.07) is 11.6. The number of hydrogen-bond acceptors (Lipinski definition) is 5. The average molecular weight is 432 g/mol. The molecule has 0 saturated carbocycles. The molecule has 0 bridgehead atoms. The zero-order chi connectivity index (χ0) is 22.1. The van der Waals surface area contributed by atoms with Gasteiger partial charge >= 0.3 is 5.97 Å². The highest BCUT2D eigenvalue weighted by Crippen LogP contribution is 2.20. The van der Waals surface area contributed by atoms with Crippen molar-refractivity contribution in [1.29, 1.82) is 0 Å². The highest BCUT2D eigenvalue weighted by atomic mass is 35.5. The lowest BCUT2D eigenvalue weighted by Gasteiger charge is -2.09. The van der Waals surface area contributed by atoms with Crippen LogP contribution in [0.5, 0.6) is 0 Å². The van der Waals surface area contributed by atoms with E-state index in [1.54, 1.807) is 42.5 Å². The molecule has 0 aliphatic carbocycles. The van der Waals surface area contributed by atoms with Gasteiger partial charge in [-0.25, -0.2) is 0 Å². The Morgan fingerprint density at radius 3 is 2.13 bits per heavy atom. The van der Waals surface area contributed by atoms with Gasteiger partial charge in [0.25, 0.3) is 5.91 Å². The standard InChI is InChI=1S/C21H22ClN3O5/c1-13-3-4-15(22)11-18(13)25-20(28)12-30-21(29)10-9-19(27)24-17-7-5-16(6-8-17)23-14(2)26/h3-8,11H,9-10,12H2,1-2H3,(H,23,26)(H,24,27)(H,25,28). The first kappa shape index (κ1) is 22.9. The van der Waals surface area contributed by atoms with E-state index in [0.717, 1.165) is 5.56 Å². The predicted octanol–water partition coefficient (Wildman–Crippen LogP) is 3.51. The molecule has 2 rings (SSSR count). The van der Waals surface area contributed by atoms with Crippen LogP contribution in [0.25, 0.3) is 0 Å². The van der Waals surface area contributed by atoms with Crippen LogP contribution in [0.4, 0.5) is 17.1 Å². The van der Waals surface area contributed by atoms with Crippen molar-refractivity contribution >= 4 is 52.4 Å². The van der Waals surface area contributed by atoms with Crippen LogP contribution in [0.1, 0.15) is 25.3 Å².